The number of hydrogen-bond donors (Lipinski definition) is 0. The van der Waals surface area contributed by atoms with Gasteiger partial charge in [0.1, 0.15) is 0 Å². The molecule has 0 atom stereocenters. The van der Waals surface area contributed by atoms with E-state index in [1.54, 1.807) is 0 Å². The second-order valence-corrected chi connectivity index (χ2v) is 7.56. The Kier molecular flexibility index (Phi) is 7.47. The van der Waals surface area contributed by atoms with E-state index in [1.165, 1.54) is 47.9 Å². The third kappa shape index (κ3) is 5.68. The highest BCUT2D eigenvalue weighted by Gasteiger charge is 2.20. The molecule has 0 aliphatic heterocycles. The molecule has 2 aromatic rings. The van der Waals surface area contributed by atoms with E-state index in [1.807, 2.05) is 0 Å². The third-order valence-electron chi connectivity index (χ3n) is 5.66. The van der Waals surface area contributed by atoms with Gasteiger partial charge in [0.25, 0.3) is 0 Å². The Morgan fingerprint density at radius 1 is 0.889 bits per heavy atom. The maximum absolute atomic E-state index is 5.67. The van der Waals surface area contributed by atoms with Crippen LogP contribution in [0.25, 0.3) is 11.1 Å². The molecule has 1 nitrogen and oxygen atoms in total. The Labute approximate surface area is 164 Å². The number of ether oxygens (including phenoxy) is 1. The second-order valence-electron chi connectivity index (χ2n) is 7.56. The lowest BCUT2D eigenvalue weighted by Crippen LogP contribution is -2.11. The highest BCUT2D eigenvalue weighted by atomic mass is 16.5. The molecule has 0 unspecified atom stereocenters. The fraction of sp³-hybridized carbons (Fsp3) is 0.385. The molecule has 0 aromatic heterocycles. The lowest BCUT2D eigenvalue weighted by atomic mass is 9.78. The topological polar surface area (TPSA) is 9.23 Å². The van der Waals surface area contributed by atoms with Crippen LogP contribution >= 0.6 is 0 Å². The minimum Gasteiger partial charge on any atom is -0.373 e. The lowest BCUT2D eigenvalue weighted by molar-refractivity contribution is 0.148. The zero-order valence-electron chi connectivity index (χ0n) is 16.6. The zero-order valence-corrected chi connectivity index (χ0v) is 16.6. The number of rotatable bonds is 8. The van der Waals surface area contributed by atoms with Gasteiger partial charge < -0.3 is 4.74 Å². The van der Waals surface area contributed by atoms with Gasteiger partial charge in [-0.15, -0.1) is 6.58 Å². The van der Waals surface area contributed by atoms with Crippen molar-refractivity contribution in [1.82, 2.24) is 0 Å². The van der Waals surface area contributed by atoms with Gasteiger partial charge in [0.15, 0.2) is 0 Å². The predicted octanol–water partition coefficient (Wildman–Crippen LogP) is 7.30. The smallest absolute Gasteiger partial charge is 0.0721 e. The van der Waals surface area contributed by atoms with Gasteiger partial charge in [-0.1, -0.05) is 73.7 Å². The molecular weight excluding hydrogens is 328 g/mol. The molecule has 27 heavy (non-hydrogen) atoms. The Morgan fingerprint density at radius 2 is 1.52 bits per heavy atom. The second kappa shape index (κ2) is 10.3. The summed E-state index contributed by atoms with van der Waals surface area (Å²) < 4.78 is 5.67. The molecule has 0 saturated heterocycles. The van der Waals surface area contributed by atoms with E-state index in [9.17, 15) is 0 Å². The van der Waals surface area contributed by atoms with Gasteiger partial charge >= 0.3 is 0 Å². The first-order chi connectivity index (χ1) is 13.3. The Bertz CT molecular complexity index is 716. The first-order valence-corrected chi connectivity index (χ1v) is 10.3. The first kappa shape index (κ1) is 19.6. The van der Waals surface area contributed by atoms with Crippen molar-refractivity contribution < 1.29 is 4.74 Å². The van der Waals surface area contributed by atoms with Crippen molar-refractivity contribution in [3.05, 3.63) is 84.5 Å². The largest absolute Gasteiger partial charge is 0.373 e. The minimum absolute atomic E-state index is 0.667. The molecule has 0 spiro atoms. The molecule has 0 heterocycles. The van der Waals surface area contributed by atoms with E-state index in [-0.39, 0.29) is 0 Å². The number of hydrogen-bond acceptors (Lipinski definition) is 1. The van der Waals surface area contributed by atoms with Crippen LogP contribution in [-0.2, 0) is 11.3 Å². The molecule has 1 fully saturated rings. The fourth-order valence-corrected chi connectivity index (χ4v) is 3.91. The van der Waals surface area contributed by atoms with Crippen LogP contribution < -0.4 is 0 Å². The van der Waals surface area contributed by atoms with Crippen LogP contribution in [-0.4, -0.2) is 6.61 Å². The van der Waals surface area contributed by atoms with Crippen LogP contribution in [0, 0.1) is 5.92 Å². The molecule has 2 aromatic carbocycles. The van der Waals surface area contributed by atoms with Crippen molar-refractivity contribution in [3.63, 3.8) is 0 Å². The van der Waals surface area contributed by atoms with E-state index < -0.39 is 0 Å². The Morgan fingerprint density at radius 3 is 2.11 bits per heavy atom. The molecular formula is C26H32O. The Balaban J connectivity index is 1.55. The summed E-state index contributed by atoms with van der Waals surface area (Å²) in [6.45, 7) is 7.44. The maximum atomic E-state index is 5.67. The molecule has 1 heteroatoms. The molecule has 1 aliphatic rings. The molecule has 3 rings (SSSR count). The summed E-state index contributed by atoms with van der Waals surface area (Å²) in [6, 6.07) is 17.9. The fourth-order valence-electron chi connectivity index (χ4n) is 3.91. The summed E-state index contributed by atoms with van der Waals surface area (Å²) in [5.74, 6) is 1.45. The van der Waals surface area contributed by atoms with Gasteiger partial charge in [0, 0.05) is 0 Å². The minimum atomic E-state index is 0.667. The molecule has 0 amide bonds. The van der Waals surface area contributed by atoms with Gasteiger partial charge in [-0.25, -0.2) is 0 Å². The molecule has 0 bridgehead atoms. The molecule has 142 valence electrons. The Hall–Kier alpha value is -2.12. The predicted molar refractivity (Wildman–Crippen MR) is 116 cm³/mol. The summed E-state index contributed by atoms with van der Waals surface area (Å²) in [7, 11) is 0. The van der Waals surface area contributed by atoms with Gasteiger partial charge in [-0.2, -0.15) is 0 Å². The zero-order chi connectivity index (χ0) is 18.9. The van der Waals surface area contributed by atoms with Crippen LogP contribution in [0.15, 0.2) is 73.3 Å². The summed E-state index contributed by atoms with van der Waals surface area (Å²) >= 11 is 0. The van der Waals surface area contributed by atoms with Gasteiger partial charge in [-0.3, -0.25) is 0 Å². The van der Waals surface area contributed by atoms with Crippen molar-refractivity contribution >= 4 is 0 Å². The summed E-state index contributed by atoms with van der Waals surface area (Å²) in [6.07, 6.45) is 12.6. The normalized spacial score (nSPS) is 20.0. The van der Waals surface area contributed by atoms with Gasteiger partial charge in [0.2, 0.25) is 0 Å². The van der Waals surface area contributed by atoms with Crippen molar-refractivity contribution in [2.24, 2.45) is 5.92 Å². The van der Waals surface area contributed by atoms with Crippen LogP contribution in [0.2, 0.25) is 0 Å². The van der Waals surface area contributed by atoms with Crippen molar-refractivity contribution in [2.45, 2.75) is 51.6 Å². The van der Waals surface area contributed by atoms with E-state index in [0.717, 1.165) is 18.3 Å². The van der Waals surface area contributed by atoms with Gasteiger partial charge in [-0.05, 0) is 66.2 Å². The van der Waals surface area contributed by atoms with Crippen molar-refractivity contribution in [2.75, 3.05) is 6.61 Å². The number of allylic oxidation sites excluding steroid dienone is 2. The average molecular weight is 361 g/mol. The molecule has 0 N–H and O–H groups in total. The first-order valence-electron chi connectivity index (χ1n) is 10.3. The molecule has 1 aliphatic carbocycles. The van der Waals surface area contributed by atoms with E-state index in [4.69, 9.17) is 4.74 Å². The standard InChI is InChI=1S/C26H32O/c1-3-5-6-19-27-20-22-9-13-24(14-10-22)26-17-15-25(16-18-26)23-11-7-21(4-2)8-12-23/h4-6,9-10,13-18,21,23H,2-3,7-8,11-12,19-20H2,1H3. The van der Waals surface area contributed by atoms with E-state index >= 15 is 0 Å². The van der Waals surface area contributed by atoms with E-state index in [2.05, 4.69) is 80.3 Å². The van der Waals surface area contributed by atoms with Gasteiger partial charge in [0.05, 0.1) is 13.2 Å². The molecule has 1 saturated carbocycles. The van der Waals surface area contributed by atoms with Crippen LogP contribution in [0.3, 0.4) is 0 Å². The highest BCUT2D eigenvalue weighted by Crippen LogP contribution is 2.36. The summed E-state index contributed by atoms with van der Waals surface area (Å²) in [5, 5.41) is 0. The SMILES string of the molecule is C=CC1CCC(c2ccc(-c3ccc(COCC=CCC)cc3)cc2)CC1. The van der Waals surface area contributed by atoms with Crippen LogP contribution in [0.4, 0.5) is 0 Å². The third-order valence-corrected chi connectivity index (χ3v) is 5.66. The lowest BCUT2D eigenvalue weighted by Gasteiger charge is -2.27. The molecule has 0 radical (unpaired) electrons. The average Bonchev–Trinajstić information content (AvgIpc) is 2.74. The van der Waals surface area contributed by atoms with Crippen LogP contribution in [0.1, 0.15) is 56.1 Å². The van der Waals surface area contributed by atoms with Crippen molar-refractivity contribution in [1.29, 1.82) is 0 Å². The quantitative estimate of drug-likeness (QED) is 0.354. The highest BCUT2D eigenvalue weighted by molar-refractivity contribution is 5.64. The van der Waals surface area contributed by atoms with Crippen LogP contribution in [0.5, 0.6) is 0 Å². The monoisotopic (exact) mass is 360 g/mol. The maximum Gasteiger partial charge on any atom is 0.0721 e. The summed E-state index contributed by atoms with van der Waals surface area (Å²) in [4.78, 5) is 0. The van der Waals surface area contributed by atoms with E-state index in [0.29, 0.717) is 13.2 Å². The van der Waals surface area contributed by atoms with Crippen molar-refractivity contribution in [3.8, 4) is 11.1 Å². The number of benzene rings is 2. The summed E-state index contributed by atoms with van der Waals surface area (Å²) in [5.41, 5.74) is 5.27.